The molecular weight excluding hydrogens is 480 g/mol. The SMILES string of the molecule is CCN1CCc2c(sc(-n3cccc3)c2CNC(=O)Nc2sc(C)c(C)c2C(=O)OC(C)(C)C)C1. The van der Waals surface area contributed by atoms with E-state index in [0.717, 1.165) is 47.1 Å². The Hall–Kier alpha value is -2.62. The van der Waals surface area contributed by atoms with Crippen LogP contribution in [0, 0.1) is 13.8 Å². The Morgan fingerprint density at radius 1 is 1.14 bits per heavy atom. The summed E-state index contributed by atoms with van der Waals surface area (Å²) in [5, 5.41) is 7.61. The van der Waals surface area contributed by atoms with Crippen molar-refractivity contribution in [2.75, 3.05) is 18.4 Å². The third-order valence-electron chi connectivity index (χ3n) is 6.15. The zero-order chi connectivity index (χ0) is 25.3. The first-order valence-corrected chi connectivity index (χ1v) is 13.6. The van der Waals surface area contributed by atoms with Crippen molar-refractivity contribution in [3.8, 4) is 5.00 Å². The summed E-state index contributed by atoms with van der Waals surface area (Å²) in [6.07, 6.45) is 5.07. The van der Waals surface area contributed by atoms with E-state index in [1.807, 2.05) is 59.1 Å². The van der Waals surface area contributed by atoms with E-state index in [-0.39, 0.29) is 6.03 Å². The van der Waals surface area contributed by atoms with Crippen molar-refractivity contribution < 1.29 is 14.3 Å². The molecule has 0 unspecified atom stereocenters. The van der Waals surface area contributed by atoms with Gasteiger partial charge in [0.05, 0.1) is 5.56 Å². The van der Waals surface area contributed by atoms with Crippen molar-refractivity contribution in [3.05, 3.63) is 56.5 Å². The number of anilines is 1. The summed E-state index contributed by atoms with van der Waals surface area (Å²) in [6, 6.07) is 3.70. The molecule has 0 radical (unpaired) electrons. The highest BCUT2D eigenvalue weighted by Gasteiger charge is 2.27. The summed E-state index contributed by atoms with van der Waals surface area (Å²) in [6.45, 7) is 15.0. The van der Waals surface area contributed by atoms with Crippen LogP contribution in [0.3, 0.4) is 0 Å². The maximum Gasteiger partial charge on any atom is 0.341 e. The molecule has 35 heavy (non-hydrogen) atoms. The van der Waals surface area contributed by atoms with Gasteiger partial charge in [0.1, 0.15) is 15.6 Å². The molecule has 0 aromatic carbocycles. The molecule has 4 rings (SSSR count). The minimum Gasteiger partial charge on any atom is -0.456 e. The predicted octanol–water partition coefficient (Wildman–Crippen LogP) is 5.87. The third-order valence-corrected chi connectivity index (χ3v) is 8.55. The van der Waals surface area contributed by atoms with E-state index < -0.39 is 11.6 Å². The predicted molar refractivity (Wildman–Crippen MR) is 143 cm³/mol. The Labute approximate surface area is 215 Å². The lowest BCUT2D eigenvalue weighted by molar-refractivity contribution is 0.00704. The number of carbonyl (C=O) groups excluding carboxylic acids is 2. The van der Waals surface area contributed by atoms with Crippen LogP contribution in [0.2, 0.25) is 0 Å². The quantitative estimate of drug-likeness (QED) is 0.403. The number of nitrogens with zero attached hydrogens (tertiary/aromatic N) is 2. The smallest absolute Gasteiger partial charge is 0.341 e. The standard InChI is InChI=1S/C26H34N4O3S2/c1-7-29-13-10-18-19(23(35-20(18)15-29)30-11-8-9-12-30)14-27-25(32)28-22-21(16(2)17(3)34-22)24(31)33-26(4,5)6/h8-9,11-12H,7,10,13-15H2,1-6H3,(H2,27,28,32). The van der Waals surface area contributed by atoms with Crippen molar-refractivity contribution in [2.24, 2.45) is 0 Å². The number of thiophene rings is 2. The fourth-order valence-corrected chi connectivity index (χ4v) is 6.66. The van der Waals surface area contributed by atoms with Crippen LogP contribution in [0.15, 0.2) is 24.5 Å². The number of urea groups is 1. The number of esters is 1. The van der Waals surface area contributed by atoms with E-state index in [2.05, 4.69) is 27.0 Å². The van der Waals surface area contributed by atoms with Crippen LogP contribution in [0.25, 0.3) is 5.00 Å². The number of rotatable bonds is 6. The average molecular weight is 515 g/mol. The van der Waals surface area contributed by atoms with E-state index in [1.165, 1.54) is 21.8 Å². The van der Waals surface area contributed by atoms with Gasteiger partial charge >= 0.3 is 12.0 Å². The molecule has 188 valence electrons. The molecule has 2 N–H and O–H groups in total. The molecule has 0 aliphatic carbocycles. The monoisotopic (exact) mass is 514 g/mol. The van der Waals surface area contributed by atoms with Gasteiger partial charge in [-0.3, -0.25) is 10.2 Å². The van der Waals surface area contributed by atoms with Crippen molar-refractivity contribution in [1.82, 2.24) is 14.8 Å². The molecule has 0 bridgehead atoms. The van der Waals surface area contributed by atoms with Crippen molar-refractivity contribution >= 4 is 39.7 Å². The first kappa shape index (κ1) is 25.5. The summed E-state index contributed by atoms with van der Waals surface area (Å²) >= 11 is 3.20. The van der Waals surface area contributed by atoms with Crippen LogP contribution < -0.4 is 10.6 Å². The second kappa shape index (κ2) is 10.2. The van der Waals surface area contributed by atoms with Crippen LogP contribution >= 0.6 is 22.7 Å². The van der Waals surface area contributed by atoms with Gasteiger partial charge in [-0.05, 0) is 70.8 Å². The number of nitrogens with one attached hydrogen (secondary N) is 2. The number of ether oxygens (including phenoxy) is 1. The second-order valence-corrected chi connectivity index (χ2v) is 12.1. The van der Waals surface area contributed by atoms with E-state index in [1.54, 1.807) is 11.3 Å². The van der Waals surface area contributed by atoms with Gasteiger partial charge in [-0.25, -0.2) is 9.59 Å². The van der Waals surface area contributed by atoms with Gasteiger partial charge in [0, 0.05) is 47.3 Å². The van der Waals surface area contributed by atoms with Gasteiger partial charge in [0.15, 0.2) is 0 Å². The summed E-state index contributed by atoms with van der Waals surface area (Å²) in [4.78, 5) is 30.6. The molecule has 3 aromatic rings. The molecule has 0 saturated heterocycles. The molecule has 1 aliphatic rings. The average Bonchev–Trinajstić information content (AvgIpc) is 3.49. The maximum absolute atomic E-state index is 13.0. The summed E-state index contributed by atoms with van der Waals surface area (Å²) in [7, 11) is 0. The molecule has 1 aliphatic heterocycles. The Bertz CT molecular complexity index is 1220. The first-order chi connectivity index (χ1) is 16.6. The Morgan fingerprint density at radius 3 is 2.51 bits per heavy atom. The highest BCUT2D eigenvalue weighted by atomic mass is 32.1. The number of hydrogen-bond acceptors (Lipinski definition) is 6. The Morgan fingerprint density at radius 2 is 1.86 bits per heavy atom. The lowest BCUT2D eigenvalue weighted by Gasteiger charge is -2.25. The van der Waals surface area contributed by atoms with E-state index >= 15 is 0 Å². The van der Waals surface area contributed by atoms with Gasteiger partial charge in [0.25, 0.3) is 0 Å². The number of hydrogen-bond donors (Lipinski definition) is 2. The minimum atomic E-state index is -0.612. The van der Waals surface area contributed by atoms with Gasteiger partial charge in [0.2, 0.25) is 0 Å². The number of carbonyl (C=O) groups is 2. The largest absolute Gasteiger partial charge is 0.456 e. The Kier molecular flexibility index (Phi) is 7.40. The van der Waals surface area contributed by atoms with Crippen LogP contribution in [0.4, 0.5) is 9.80 Å². The summed E-state index contributed by atoms with van der Waals surface area (Å²) < 4.78 is 7.71. The molecule has 4 heterocycles. The molecule has 0 spiro atoms. The van der Waals surface area contributed by atoms with Crippen LogP contribution in [-0.2, 0) is 24.2 Å². The molecule has 7 nitrogen and oxygen atoms in total. The molecule has 0 saturated carbocycles. The van der Waals surface area contributed by atoms with Gasteiger partial charge in [-0.1, -0.05) is 6.92 Å². The van der Waals surface area contributed by atoms with Crippen molar-refractivity contribution in [2.45, 2.75) is 66.7 Å². The topological polar surface area (TPSA) is 75.6 Å². The van der Waals surface area contributed by atoms with Gasteiger partial charge < -0.3 is 14.6 Å². The maximum atomic E-state index is 13.0. The molecular formula is C26H34N4O3S2. The number of likely N-dealkylation sites (N-methyl/N-ethyl adjacent to an activating group) is 1. The van der Waals surface area contributed by atoms with Crippen LogP contribution in [0.5, 0.6) is 0 Å². The lowest BCUT2D eigenvalue weighted by Crippen LogP contribution is -2.31. The van der Waals surface area contributed by atoms with Gasteiger partial charge in [-0.2, -0.15) is 0 Å². The highest BCUT2D eigenvalue weighted by molar-refractivity contribution is 7.16. The summed E-state index contributed by atoms with van der Waals surface area (Å²) in [5.74, 6) is -0.420. The van der Waals surface area contributed by atoms with Crippen molar-refractivity contribution in [1.29, 1.82) is 0 Å². The first-order valence-electron chi connectivity index (χ1n) is 11.9. The molecule has 9 heteroatoms. The highest BCUT2D eigenvalue weighted by Crippen LogP contribution is 2.36. The molecule has 3 aromatic heterocycles. The molecule has 2 amide bonds. The fourth-order valence-electron chi connectivity index (χ4n) is 4.24. The zero-order valence-electron chi connectivity index (χ0n) is 21.3. The van der Waals surface area contributed by atoms with Crippen LogP contribution in [-0.4, -0.2) is 40.2 Å². The summed E-state index contributed by atoms with van der Waals surface area (Å²) in [5.41, 5.74) is 3.16. The lowest BCUT2D eigenvalue weighted by atomic mass is 10.0. The minimum absolute atomic E-state index is 0.333. The third kappa shape index (κ3) is 5.63. The molecule has 0 atom stereocenters. The number of fused-ring (bicyclic) bond motifs is 1. The second-order valence-electron chi connectivity index (χ2n) is 9.79. The normalized spacial score (nSPS) is 14.0. The van der Waals surface area contributed by atoms with Crippen LogP contribution in [0.1, 0.15) is 64.5 Å². The molecule has 0 fully saturated rings. The van der Waals surface area contributed by atoms with Crippen molar-refractivity contribution in [3.63, 3.8) is 0 Å². The fraction of sp³-hybridized carbons (Fsp3) is 0.462. The van der Waals surface area contributed by atoms with Gasteiger partial charge in [-0.15, -0.1) is 22.7 Å². The number of amides is 2. The van der Waals surface area contributed by atoms with E-state index in [9.17, 15) is 9.59 Å². The number of aryl methyl sites for hydroxylation is 1. The van der Waals surface area contributed by atoms with E-state index in [4.69, 9.17) is 4.74 Å². The van der Waals surface area contributed by atoms with E-state index in [0.29, 0.717) is 17.1 Å². The zero-order valence-corrected chi connectivity index (χ0v) is 22.9. The Balaban J connectivity index is 1.53. The number of aromatic nitrogens is 1.